The van der Waals surface area contributed by atoms with Crippen LogP contribution in [0.1, 0.15) is 20.8 Å². The maximum Gasteiger partial charge on any atom is 0.339 e. The van der Waals surface area contributed by atoms with Crippen molar-refractivity contribution in [2.24, 2.45) is 0 Å². The van der Waals surface area contributed by atoms with E-state index >= 15 is 0 Å². The zero-order valence-corrected chi connectivity index (χ0v) is 9.54. The predicted octanol–water partition coefficient (Wildman–Crippen LogP) is 1.71. The minimum absolute atomic E-state index is 0.134. The highest BCUT2D eigenvalue weighted by Gasteiger charge is 2.15. The molecule has 1 aromatic heterocycles. The average molecular weight is 246 g/mol. The Labute approximate surface area is 103 Å². The summed E-state index contributed by atoms with van der Waals surface area (Å²) in [5.41, 5.74) is 0.767. The number of nitrogens with one attached hydrogen (secondary N) is 1. The van der Waals surface area contributed by atoms with Gasteiger partial charge in [0.05, 0.1) is 18.4 Å². The molecule has 6 nitrogen and oxygen atoms in total. The summed E-state index contributed by atoms with van der Waals surface area (Å²) in [6.45, 7) is 0. The van der Waals surface area contributed by atoms with Crippen molar-refractivity contribution in [2.45, 2.75) is 0 Å². The summed E-state index contributed by atoms with van der Waals surface area (Å²) in [7, 11) is 1.28. The molecule has 0 fully saturated rings. The number of aromatic nitrogens is 1. The molecule has 2 aromatic rings. The average Bonchev–Trinajstić information content (AvgIpc) is 2.92. The molecule has 1 N–H and O–H groups in total. The van der Waals surface area contributed by atoms with E-state index in [1.54, 1.807) is 24.3 Å². The third-order valence-corrected chi connectivity index (χ3v) is 2.25. The van der Waals surface area contributed by atoms with Gasteiger partial charge in [0.25, 0.3) is 5.91 Å². The number of benzene rings is 1. The van der Waals surface area contributed by atoms with Crippen LogP contribution in [0.2, 0.25) is 0 Å². The monoisotopic (exact) mass is 246 g/mol. The first-order valence-corrected chi connectivity index (χ1v) is 5.11. The minimum Gasteiger partial charge on any atom is -0.465 e. The van der Waals surface area contributed by atoms with Gasteiger partial charge < -0.3 is 14.6 Å². The van der Waals surface area contributed by atoms with E-state index in [4.69, 9.17) is 0 Å². The van der Waals surface area contributed by atoms with Crippen LogP contribution in [-0.4, -0.2) is 24.1 Å². The molecule has 1 aromatic carbocycles. The zero-order chi connectivity index (χ0) is 13.0. The van der Waals surface area contributed by atoms with Crippen molar-refractivity contribution >= 4 is 17.6 Å². The molecule has 18 heavy (non-hydrogen) atoms. The first kappa shape index (κ1) is 11.8. The Balaban J connectivity index is 2.24. The normalized spacial score (nSPS) is 9.83. The molecule has 0 spiro atoms. The molecule has 0 saturated heterocycles. The summed E-state index contributed by atoms with van der Waals surface area (Å²) in [4.78, 5) is 23.2. The van der Waals surface area contributed by atoms with Gasteiger partial charge in [-0.2, -0.15) is 0 Å². The van der Waals surface area contributed by atoms with Gasteiger partial charge in [0, 0.05) is 6.07 Å². The van der Waals surface area contributed by atoms with E-state index in [0.29, 0.717) is 5.69 Å². The molecule has 0 unspecified atom stereocenters. The van der Waals surface area contributed by atoms with Crippen LogP contribution in [0.5, 0.6) is 0 Å². The van der Waals surface area contributed by atoms with Gasteiger partial charge in [-0.05, 0) is 12.1 Å². The van der Waals surface area contributed by atoms with E-state index in [2.05, 4.69) is 19.7 Å². The van der Waals surface area contributed by atoms with Crippen LogP contribution in [0.3, 0.4) is 0 Å². The Bertz CT molecular complexity index is 563. The summed E-state index contributed by atoms with van der Waals surface area (Å²) < 4.78 is 9.19. The first-order chi connectivity index (χ1) is 8.72. The Morgan fingerprint density at radius 2 is 2.06 bits per heavy atom. The van der Waals surface area contributed by atoms with Crippen LogP contribution in [0.15, 0.2) is 41.1 Å². The van der Waals surface area contributed by atoms with Crippen molar-refractivity contribution in [1.82, 2.24) is 5.16 Å². The molecular weight excluding hydrogens is 236 g/mol. The smallest absolute Gasteiger partial charge is 0.339 e. The maximum atomic E-state index is 11.8. The number of amides is 1. The Hall–Kier alpha value is -2.63. The van der Waals surface area contributed by atoms with E-state index < -0.39 is 11.9 Å². The predicted molar refractivity (Wildman–Crippen MR) is 62.2 cm³/mol. The molecule has 0 aliphatic carbocycles. The second kappa shape index (κ2) is 5.13. The molecule has 0 saturated carbocycles. The molecule has 2 rings (SSSR count). The van der Waals surface area contributed by atoms with E-state index in [0.717, 1.165) is 0 Å². The summed E-state index contributed by atoms with van der Waals surface area (Å²) >= 11 is 0. The molecule has 1 heterocycles. The number of rotatable bonds is 3. The molecule has 6 heteroatoms. The second-order valence-corrected chi connectivity index (χ2v) is 3.38. The van der Waals surface area contributed by atoms with Gasteiger partial charge in [-0.1, -0.05) is 17.3 Å². The van der Waals surface area contributed by atoms with E-state index in [1.165, 1.54) is 19.4 Å². The van der Waals surface area contributed by atoms with Gasteiger partial charge in [0.1, 0.15) is 6.26 Å². The molecular formula is C12H10N2O4. The summed E-state index contributed by atoms with van der Waals surface area (Å²) in [6.07, 6.45) is 1.29. The Morgan fingerprint density at radius 3 is 2.72 bits per heavy atom. The number of carbonyl (C=O) groups is 2. The van der Waals surface area contributed by atoms with E-state index in [-0.39, 0.29) is 11.3 Å². The molecule has 0 aliphatic rings. The highest BCUT2D eigenvalue weighted by atomic mass is 16.5. The van der Waals surface area contributed by atoms with Gasteiger partial charge in [0.15, 0.2) is 5.69 Å². The van der Waals surface area contributed by atoms with Crippen LogP contribution < -0.4 is 5.32 Å². The fourth-order valence-corrected chi connectivity index (χ4v) is 1.40. The topological polar surface area (TPSA) is 81.4 Å². The number of hydrogen-bond acceptors (Lipinski definition) is 5. The highest BCUT2D eigenvalue weighted by Crippen LogP contribution is 2.16. The Kier molecular flexibility index (Phi) is 3.38. The number of methoxy groups -OCH3 is 1. The van der Waals surface area contributed by atoms with Gasteiger partial charge in [-0.15, -0.1) is 0 Å². The number of esters is 1. The van der Waals surface area contributed by atoms with E-state index in [1.807, 2.05) is 0 Å². The highest BCUT2D eigenvalue weighted by molar-refractivity contribution is 6.06. The van der Waals surface area contributed by atoms with Crippen molar-refractivity contribution in [1.29, 1.82) is 0 Å². The lowest BCUT2D eigenvalue weighted by atomic mass is 10.1. The summed E-state index contributed by atoms with van der Waals surface area (Å²) in [6, 6.07) is 7.97. The molecule has 0 aliphatic heterocycles. The fraction of sp³-hybridized carbons (Fsp3) is 0.0833. The zero-order valence-electron chi connectivity index (χ0n) is 9.54. The van der Waals surface area contributed by atoms with Crippen LogP contribution in [0, 0.1) is 0 Å². The molecule has 0 bridgehead atoms. The van der Waals surface area contributed by atoms with Gasteiger partial charge in [0.2, 0.25) is 0 Å². The van der Waals surface area contributed by atoms with Crippen molar-refractivity contribution in [2.75, 3.05) is 12.4 Å². The maximum absolute atomic E-state index is 11.8. The van der Waals surface area contributed by atoms with E-state index in [9.17, 15) is 9.59 Å². The SMILES string of the molecule is COC(=O)c1ccccc1NC(=O)c1ccon1. The number of ether oxygens (including phenoxy) is 1. The van der Waals surface area contributed by atoms with Crippen molar-refractivity contribution in [3.05, 3.63) is 47.9 Å². The van der Waals surface area contributed by atoms with Crippen LogP contribution in [0.25, 0.3) is 0 Å². The van der Waals surface area contributed by atoms with Crippen LogP contribution in [-0.2, 0) is 4.74 Å². The van der Waals surface area contributed by atoms with Crippen molar-refractivity contribution < 1.29 is 18.8 Å². The largest absolute Gasteiger partial charge is 0.465 e. The lowest BCUT2D eigenvalue weighted by Crippen LogP contribution is -2.15. The third-order valence-electron chi connectivity index (χ3n) is 2.25. The van der Waals surface area contributed by atoms with Crippen molar-refractivity contribution in [3.8, 4) is 0 Å². The summed E-state index contributed by atoms with van der Waals surface area (Å²) in [5.74, 6) is -0.980. The molecule has 0 atom stereocenters. The van der Waals surface area contributed by atoms with Gasteiger partial charge in [-0.3, -0.25) is 4.79 Å². The molecule has 1 amide bonds. The third kappa shape index (κ3) is 2.37. The number of nitrogens with zero attached hydrogens (tertiary/aromatic N) is 1. The number of anilines is 1. The lowest BCUT2D eigenvalue weighted by molar-refractivity contribution is 0.0602. The number of para-hydroxylation sites is 1. The second-order valence-electron chi connectivity index (χ2n) is 3.38. The first-order valence-electron chi connectivity index (χ1n) is 5.11. The van der Waals surface area contributed by atoms with Crippen molar-refractivity contribution in [3.63, 3.8) is 0 Å². The lowest BCUT2D eigenvalue weighted by Gasteiger charge is -2.07. The minimum atomic E-state index is -0.522. The Morgan fingerprint density at radius 1 is 1.28 bits per heavy atom. The summed E-state index contributed by atoms with van der Waals surface area (Å²) in [5, 5.41) is 6.07. The van der Waals surface area contributed by atoms with Gasteiger partial charge in [-0.25, -0.2) is 4.79 Å². The van der Waals surface area contributed by atoms with Crippen LogP contribution >= 0.6 is 0 Å². The standard InChI is InChI=1S/C12H10N2O4/c1-17-12(16)8-4-2-3-5-9(8)13-11(15)10-6-7-18-14-10/h2-7H,1H3,(H,13,15). The fourth-order valence-electron chi connectivity index (χ4n) is 1.40. The van der Waals surface area contributed by atoms with Gasteiger partial charge >= 0.3 is 5.97 Å². The number of carbonyl (C=O) groups excluding carboxylic acids is 2. The van der Waals surface area contributed by atoms with Crippen LogP contribution in [0.4, 0.5) is 5.69 Å². The quantitative estimate of drug-likeness (QED) is 0.834. The number of hydrogen-bond donors (Lipinski definition) is 1. The molecule has 0 radical (unpaired) electrons. The molecule has 92 valence electrons.